The second-order valence-electron chi connectivity index (χ2n) is 6.18. The zero-order valence-electron chi connectivity index (χ0n) is 13.1. The number of methoxy groups -OCH3 is 1. The molecule has 1 aromatic rings. The number of morpholine rings is 1. The maximum atomic E-state index is 5.97. The fourth-order valence-electron chi connectivity index (χ4n) is 3.44. The number of hydrogen-bond acceptors (Lipinski definition) is 4. The summed E-state index contributed by atoms with van der Waals surface area (Å²) in [6, 6.07) is 7.03. The van der Waals surface area contributed by atoms with Crippen molar-refractivity contribution >= 4 is 0 Å². The smallest absolute Gasteiger partial charge is 0.121 e. The predicted octanol–water partition coefficient (Wildman–Crippen LogP) is 1.96. The van der Waals surface area contributed by atoms with E-state index in [1.165, 1.54) is 30.5 Å². The van der Waals surface area contributed by atoms with Crippen LogP contribution in [-0.4, -0.2) is 50.4 Å². The average molecular weight is 290 g/mol. The van der Waals surface area contributed by atoms with E-state index in [1.54, 1.807) is 7.11 Å². The van der Waals surface area contributed by atoms with Crippen LogP contribution in [-0.2, 0) is 11.3 Å². The minimum atomic E-state index is 0.332. The summed E-state index contributed by atoms with van der Waals surface area (Å²) in [4.78, 5) is 2.59. The third kappa shape index (κ3) is 3.57. The normalized spacial score (nSPS) is 25.8. The van der Waals surface area contributed by atoms with Crippen LogP contribution < -0.4 is 10.1 Å². The molecule has 0 amide bonds. The second kappa shape index (κ2) is 6.77. The van der Waals surface area contributed by atoms with E-state index in [9.17, 15) is 0 Å². The molecular formula is C17H26N2O2. The predicted molar refractivity (Wildman–Crippen MR) is 83.8 cm³/mol. The monoisotopic (exact) mass is 290 g/mol. The number of rotatable bonds is 5. The lowest BCUT2D eigenvalue weighted by Crippen LogP contribution is -2.49. The van der Waals surface area contributed by atoms with Crippen LogP contribution in [0, 0.1) is 6.92 Å². The first-order chi connectivity index (χ1) is 10.3. The number of hydrogen-bond donors (Lipinski definition) is 1. The Labute approximate surface area is 127 Å². The fraction of sp³-hybridized carbons (Fsp3) is 0.647. The fourth-order valence-corrected chi connectivity index (χ4v) is 3.44. The molecule has 0 saturated carbocycles. The molecule has 2 heterocycles. The molecule has 1 aromatic carbocycles. The number of nitrogens with one attached hydrogen (secondary N) is 1. The minimum Gasteiger partial charge on any atom is -0.496 e. The maximum absolute atomic E-state index is 5.97. The van der Waals surface area contributed by atoms with Crippen molar-refractivity contribution in [3.63, 3.8) is 0 Å². The Hall–Kier alpha value is -1.10. The lowest BCUT2D eigenvalue weighted by Gasteiger charge is -2.35. The third-order valence-corrected chi connectivity index (χ3v) is 4.62. The highest BCUT2D eigenvalue weighted by atomic mass is 16.5. The molecule has 2 saturated heterocycles. The molecule has 2 unspecified atom stereocenters. The van der Waals surface area contributed by atoms with Crippen molar-refractivity contribution in [1.29, 1.82) is 0 Å². The van der Waals surface area contributed by atoms with E-state index in [4.69, 9.17) is 9.47 Å². The van der Waals surface area contributed by atoms with Gasteiger partial charge in [0.15, 0.2) is 0 Å². The lowest BCUT2D eigenvalue weighted by molar-refractivity contribution is -0.0470. The Morgan fingerprint density at radius 2 is 2.33 bits per heavy atom. The van der Waals surface area contributed by atoms with Gasteiger partial charge in [-0.2, -0.15) is 0 Å². The molecule has 3 rings (SSSR count). The number of fused-ring (bicyclic) bond motifs is 1. The van der Waals surface area contributed by atoms with Gasteiger partial charge in [-0.25, -0.2) is 0 Å². The Bertz CT molecular complexity index is 478. The quantitative estimate of drug-likeness (QED) is 0.899. The number of benzene rings is 1. The molecule has 0 spiro atoms. The van der Waals surface area contributed by atoms with Gasteiger partial charge in [0, 0.05) is 25.7 Å². The molecule has 116 valence electrons. The summed E-state index contributed by atoms with van der Waals surface area (Å²) >= 11 is 0. The Morgan fingerprint density at radius 3 is 3.14 bits per heavy atom. The maximum Gasteiger partial charge on any atom is 0.121 e. The first kappa shape index (κ1) is 14.8. The molecule has 2 fully saturated rings. The third-order valence-electron chi connectivity index (χ3n) is 4.62. The van der Waals surface area contributed by atoms with Crippen LogP contribution in [0.15, 0.2) is 18.2 Å². The topological polar surface area (TPSA) is 33.7 Å². The molecule has 4 heteroatoms. The number of aryl methyl sites for hydroxylation is 1. The van der Waals surface area contributed by atoms with Crippen LogP contribution in [0.1, 0.15) is 24.0 Å². The highest BCUT2D eigenvalue weighted by Gasteiger charge is 2.31. The zero-order valence-corrected chi connectivity index (χ0v) is 13.1. The van der Waals surface area contributed by atoms with Crippen LogP contribution >= 0.6 is 0 Å². The van der Waals surface area contributed by atoms with Crippen molar-refractivity contribution in [3.05, 3.63) is 29.3 Å². The van der Waals surface area contributed by atoms with Crippen molar-refractivity contribution < 1.29 is 9.47 Å². The minimum absolute atomic E-state index is 0.332. The van der Waals surface area contributed by atoms with Crippen molar-refractivity contribution in [2.75, 3.05) is 33.4 Å². The van der Waals surface area contributed by atoms with Crippen molar-refractivity contribution in [2.45, 2.75) is 38.5 Å². The molecule has 0 bridgehead atoms. The van der Waals surface area contributed by atoms with Gasteiger partial charge in [0.2, 0.25) is 0 Å². The van der Waals surface area contributed by atoms with E-state index in [0.29, 0.717) is 12.1 Å². The van der Waals surface area contributed by atoms with Gasteiger partial charge in [-0.05, 0) is 43.5 Å². The van der Waals surface area contributed by atoms with Gasteiger partial charge in [0.1, 0.15) is 5.75 Å². The lowest BCUT2D eigenvalue weighted by atomic mass is 10.1. The van der Waals surface area contributed by atoms with Gasteiger partial charge in [-0.3, -0.25) is 4.90 Å². The summed E-state index contributed by atoms with van der Waals surface area (Å²) < 4.78 is 11.3. The molecule has 0 aliphatic carbocycles. The van der Waals surface area contributed by atoms with E-state index >= 15 is 0 Å². The summed E-state index contributed by atoms with van der Waals surface area (Å²) in [6.07, 6.45) is 2.98. The largest absolute Gasteiger partial charge is 0.496 e. The van der Waals surface area contributed by atoms with Crippen molar-refractivity contribution in [1.82, 2.24) is 10.2 Å². The summed E-state index contributed by atoms with van der Waals surface area (Å²) in [5, 5.41) is 3.52. The molecule has 21 heavy (non-hydrogen) atoms. The number of ether oxygens (including phenoxy) is 2. The van der Waals surface area contributed by atoms with E-state index in [2.05, 4.69) is 29.3 Å². The molecule has 0 aromatic heterocycles. The summed E-state index contributed by atoms with van der Waals surface area (Å²) in [5.41, 5.74) is 2.48. The molecule has 1 N–H and O–H groups in total. The Kier molecular flexibility index (Phi) is 4.78. The average Bonchev–Trinajstić information content (AvgIpc) is 2.95. The SMILES string of the molecule is COc1ccc(CNCC2CN3CCCC3CO2)cc1C. The van der Waals surface area contributed by atoms with E-state index in [0.717, 1.165) is 32.0 Å². The van der Waals surface area contributed by atoms with Crippen LogP contribution in [0.2, 0.25) is 0 Å². The van der Waals surface area contributed by atoms with Gasteiger partial charge in [-0.15, -0.1) is 0 Å². The van der Waals surface area contributed by atoms with E-state index in [-0.39, 0.29) is 0 Å². The summed E-state index contributed by atoms with van der Waals surface area (Å²) in [5.74, 6) is 0.953. The van der Waals surface area contributed by atoms with Gasteiger partial charge >= 0.3 is 0 Å². The Balaban J connectivity index is 1.44. The van der Waals surface area contributed by atoms with Crippen LogP contribution in [0.4, 0.5) is 0 Å². The van der Waals surface area contributed by atoms with Gasteiger partial charge in [0.25, 0.3) is 0 Å². The van der Waals surface area contributed by atoms with E-state index < -0.39 is 0 Å². The van der Waals surface area contributed by atoms with Crippen LogP contribution in [0.5, 0.6) is 5.75 Å². The second-order valence-corrected chi connectivity index (χ2v) is 6.18. The molecule has 2 aliphatic heterocycles. The standard InChI is InChI=1S/C17H26N2O2/c1-13-8-14(5-6-17(13)20-2)9-18-10-16-11-19-7-3-4-15(19)12-21-16/h5-6,8,15-16,18H,3-4,7,9-12H2,1-2H3. The highest BCUT2D eigenvalue weighted by molar-refractivity contribution is 5.36. The molecule has 4 nitrogen and oxygen atoms in total. The van der Waals surface area contributed by atoms with Crippen molar-refractivity contribution in [3.8, 4) is 5.75 Å². The molecule has 2 atom stereocenters. The van der Waals surface area contributed by atoms with Gasteiger partial charge in [-0.1, -0.05) is 12.1 Å². The zero-order chi connectivity index (χ0) is 14.7. The summed E-state index contributed by atoms with van der Waals surface area (Å²) in [7, 11) is 1.71. The molecule has 2 aliphatic rings. The first-order valence-electron chi connectivity index (χ1n) is 7.96. The molecular weight excluding hydrogens is 264 g/mol. The van der Waals surface area contributed by atoms with Crippen LogP contribution in [0.3, 0.4) is 0 Å². The highest BCUT2D eigenvalue weighted by Crippen LogP contribution is 2.22. The van der Waals surface area contributed by atoms with E-state index in [1.807, 2.05) is 6.07 Å². The van der Waals surface area contributed by atoms with Gasteiger partial charge < -0.3 is 14.8 Å². The first-order valence-corrected chi connectivity index (χ1v) is 7.96. The summed E-state index contributed by atoms with van der Waals surface area (Å²) in [6.45, 7) is 7.14. The molecule has 0 radical (unpaired) electrons. The Morgan fingerprint density at radius 1 is 1.43 bits per heavy atom. The van der Waals surface area contributed by atoms with Gasteiger partial charge in [0.05, 0.1) is 19.8 Å². The van der Waals surface area contributed by atoms with Crippen molar-refractivity contribution in [2.24, 2.45) is 0 Å². The van der Waals surface area contributed by atoms with Crippen LogP contribution in [0.25, 0.3) is 0 Å². The number of nitrogens with zero attached hydrogens (tertiary/aromatic N) is 1.